The molecular formula is C16H17BrO3S. The fourth-order valence-electron chi connectivity index (χ4n) is 3.47. The maximum Gasteiger partial charge on any atom is 0.306 e. The van der Waals surface area contributed by atoms with E-state index in [1.807, 2.05) is 23.6 Å². The van der Waals surface area contributed by atoms with Crippen LogP contribution in [0.3, 0.4) is 0 Å². The van der Waals surface area contributed by atoms with Crippen molar-refractivity contribution in [1.29, 1.82) is 0 Å². The summed E-state index contributed by atoms with van der Waals surface area (Å²) in [5.74, 6) is -1.09. The van der Waals surface area contributed by atoms with Gasteiger partial charge in [-0.15, -0.1) is 11.3 Å². The molecule has 1 aromatic heterocycles. The molecule has 112 valence electrons. The number of carboxylic acid groups (broad SMARTS) is 1. The lowest BCUT2D eigenvalue weighted by Crippen LogP contribution is -2.23. The van der Waals surface area contributed by atoms with Gasteiger partial charge in [0.15, 0.2) is 0 Å². The Kier molecular flexibility index (Phi) is 4.08. The summed E-state index contributed by atoms with van der Waals surface area (Å²) in [5.41, 5.74) is 0.863. The normalized spacial score (nSPS) is 27.1. The summed E-state index contributed by atoms with van der Waals surface area (Å²) in [6.07, 6.45) is 0.714. The van der Waals surface area contributed by atoms with Gasteiger partial charge in [0.25, 0.3) is 0 Å². The number of aliphatic hydroxyl groups excluding tert-OH is 1. The third kappa shape index (κ3) is 2.62. The second-order valence-corrected chi connectivity index (χ2v) is 7.67. The van der Waals surface area contributed by atoms with E-state index in [0.717, 1.165) is 26.5 Å². The van der Waals surface area contributed by atoms with Gasteiger partial charge in [0.2, 0.25) is 0 Å². The number of fused-ring (bicyclic) bond motifs is 1. The number of rotatable bonds is 3. The highest BCUT2D eigenvalue weighted by Crippen LogP contribution is 2.46. The van der Waals surface area contributed by atoms with Crippen molar-refractivity contribution in [2.75, 3.05) is 0 Å². The Morgan fingerprint density at radius 1 is 1.43 bits per heavy atom. The Balaban J connectivity index is 1.98. The van der Waals surface area contributed by atoms with Crippen LogP contribution in [0, 0.1) is 17.8 Å². The van der Waals surface area contributed by atoms with Crippen LogP contribution in [0.5, 0.6) is 0 Å². The number of hydrogen-bond donors (Lipinski definition) is 2. The molecule has 2 aromatic rings. The lowest BCUT2D eigenvalue weighted by Gasteiger charge is -2.22. The topological polar surface area (TPSA) is 57.5 Å². The minimum absolute atomic E-state index is 0.200. The van der Waals surface area contributed by atoms with Crippen molar-refractivity contribution >= 4 is 43.3 Å². The summed E-state index contributed by atoms with van der Waals surface area (Å²) in [7, 11) is 0. The third-order valence-corrected chi connectivity index (χ3v) is 6.44. The zero-order valence-electron chi connectivity index (χ0n) is 11.6. The van der Waals surface area contributed by atoms with Gasteiger partial charge in [-0.2, -0.15) is 0 Å². The number of hydrogen-bond acceptors (Lipinski definition) is 3. The van der Waals surface area contributed by atoms with E-state index in [1.165, 1.54) is 0 Å². The van der Waals surface area contributed by atoms with E-state index in [4.69, 9.17) is 0 Å². The zero-order chi connectivity index (χ0) is 15.1. The SMILES string of the molecule is CC1CC(C(=O)O)C(C(O)c2csc3c(Br)cccc23)C1. The van der Waals surface area contributed by atoms with Gasteiger partial charge in [0, 0.05) is 15.1 Å². The van der Waals surface area contributed by atoms with Gasteiger partial charge in [-0.1, -0.05) is 19.1 Å². The van der Waals surface area contributed by atoms with Crippen molar-refractivity contribution in [2.45, 2.75) is 25.9 Å². The molecule has 1 aliphatic carbocycles. The number of aliphatic carboxylic acids is 1. The van der Waals surface area contributed by atoms with E-state index in [0.29, 0.717) is 12.3 Å². The molecule has 1 aliphatic rings. The summed E-state index contributed by atoms with van der Waals surface area (Å²) in [5, 5.41) is 23.1. The van der Waals surface area contributed by atoms with Crippen molar-refractivity contribution in [1.82, 2.24) is 0 Å². The molecule has 21 heavy (non-hydrogen) atoms. The van der Waals surface area contributed by atoms with Crippen LogP contribution >= 0.6 is 27.3 Å². The average molecular weight is 369 g/mol. The van der Waals surface area contributed by atoms with E-state index in [2.05, 4.69) is 22.9 Å². The summed E-state index contributed by atoms with van der Waals surface area (Å²) in [6, 6.07) is 5.91. The molecule has 1 saturated carbocycles. The second-order valence-electron chi connectivity index (χ2n) is 5.94. The van der Waals surface area contributed by atoms with Gasteiger partial charge >= 0.3 is 5.97 Å². The van der Waals surface area contributed by atoms with Crippen LogP contribution in [0.15, 0.2) is 28.1 Å². The molecule has 0 aliphatic heterocycles. The molecule has 3 rings (SSSR count). The number of carbonyl (C=O) groups is 1. The minimum Gasteiger partial charge on any atom is -0.481 e. The second kappa shape index (κ2) is 5.71. The first-order valence-corrected chi connectivity index (χ1v) is 8.72. The smallest absolute Gasteiger partial charge is 0.306 e. The van der Waals surface area contributed by atoms with E-state index in [-0.39, 0.29) is 5.92 Å². The molecule has 0 saturated heterocycles. The number of thiophene rings is 1. The number of carboxylic acids is 1. The molecule has 0 bridgehead atoms. The van der Waals surface area contributed by atoms with Crippen LogP contribution in [-0.4, -0.2) is 16.2 Å². The van der Waals surface area contributed by atoms with E-state index >= 15 is 0 Å². The predicted octanol–water partition coefficient (Wildman–Crippen LogP) is 4.44. The monoisotopic (exact) mass is 368 g/mol. The van der Waals surface area contributed by atoms with Crippen LogP contribution in [0.1, 0.15) is 31.4 Å². The largest absolute Gasteiger partial charge is 0.481 e. The van der Waals surface area contributed by atoms with Gasteiger partial charge in [-0.05, 0) is 57.1 Å². The van der Waals surface area contributed by atoms with Crippen molar-refractivity contribution in [3.8, 4) is 0 Å². The van der Waals surface area contributed by atoms with Gasteiger partial charge in [0.1, 0.15) is 0 Å². The third-order valence-electron chi connectivity index (χ3n) is 4.47. The van der Waals surface area contributed by atoms with Crippen molar-refractivity contribution in [2.24, 2.45) is 17.8 Å². The maximum absolute atomic E-state index is 11.4. The fourth-order valence-corrected chi connectivity index (χ4v) is 5.12. The van der Waals surface area contributed by atoms with Crippen LogP contribution < -0.4 is 0 Å². The van der Waals surface area contributed by atoms with E-state index in [9.17, 15) is 15.0 Å². The molecule has 0 amide bonds. The van der Waals surface area contributed by atoms with Crippen molar-refractivity contribution < 1.29 is 15.0 Å². The summed E-state index contributed by atoms with van der Waals surface area (Å²) in [4.78, 5) is 11.4. The molecule has 0 spiro atoms. The summed E-state index contributed by atoms with van der Waals surface area (Å²) < 4.78 is 2.11. The molecule has 0 radical (unpaired) electrons. The molecule has 2 N–H and O–H groups in total. The predicted molar refractivity (Wildman–Crippen MR) is 87.5 cm³/mol. The highest BCUT2D eigenvalue weighted by molar-refractivity contribution is 9.10. The summed E-state index contributed by atoms with van der Waals surface area (Å²) >= 11 is 5.11. The fraction of sp³-hybridized carbons (Fsp3) is 0.438. The summed E-state index contributed by atoms with van der Waals surface area (Å²) in [6.45, 7) is 2.06. The highest BCUT2D eigenvalue weighted by atomic mass is 79.9. The quantitative estimate of drug-likeness (QED) is 0.841. The van der Waals surface area contributed by atoms with Crippen LogP contribution in [0.2, 0.25) is 0 Å². The maximum atomic E-state index is 11.4. The molecular weight excluding hydrogens is 352 g/mol. The average Bonchev–Trinajstić information content (AvgIpc) is 3.02. The van der Waals surface area contributed by atoms with Crippen LogP contribution in [-0.2, 0) is 4.79 Å². The van der Waals surface area contributed by atoms with Crippen LogP contribution in [0.25, 0.3) is 10.1 Å². The van der Waals surface area contributed by atoms with Gasteiger partial charge in [-0.3, -0.25) is 4.79 Å². The standard InChI is InChI=1S/C16H17BrO3S/c1-8-5-10(11(6-8)16(19)20)14(18)12-7-21-15-9(12)3-2-4-13(15)17/h2-4,7-8,10-11,14,18H,5-6H2,1H3,(H,19,20). The van der Waals surface area contributed by atoms with Crippen molar-refractivity contribution in [3.63, 3.8) is 0 Å². The highest BCUT2D eigenvalue weighted by Gasteiger charge is 2.41. The molecule has 1 heterocycles. The van der Waals surface area contributed by atoms with Gasteiger partial charge in [-0.25, -0.2) is 0 Å². The minimum atomic E-state index is -0.788. The first-order valence-electron chi connectivity index (χ1n) is 7.05. The van der Waals surface area contributed by atoms with E-state index in [1.54, 1.807) is 11.3 Å². The molecule has 3 nitrogen and oxygen atoms in total. The Labute approximate surface area is 135 Å². The Morgan fingerprint density at radius 2 is 2.19 bits per heavy atom. The Hall–Kier alpha value is -0.910. The first kappa shape index (κ1) is 15.0. The number of benzene rings is 1. The lowest BCUT2D eigenvalue weighted by atomic mass is 9.87. The van der Waals surface area contributed by atoms with Gasteiger partial charge in [0.05, 0.1) is 12.0 Å². The van der Waals surface area contributed by atoms with Crippen LogP contribution in [0.4, 0.5) is 0 Å². The molecule has 1 aromatic carbocycles. The van der Waals surface area contributed by atoms with Crippen molar-refractivity contribution in [3.05, 3.63) is 33.6 Å². The molecule has 4 atom stereocenters. The Morgan fingerprint density at radius 3 is 2.90 bits per heavy atom. The lowest BCUT2D eigenvalue weighted by molar-refractivity contribution is -0.144. The van der Waals surface area contributed by atoms with Gasteiger partial charge < -0.3 is 10.2 Å². The Bertz CT molecular complexity index is 681. The zero-order valence-corrected chi connectivity index (χ0v) is 14.0. The molecule has 1 fully saturated rings. The van der Waals surface area contributed by atoms with E-state index < -0.39 is 18.0 Å². The molecule has 4 unspecified atom stereocenters. The molecule has 5 heteroatoms. The first-order chi connectivity index (χ1) is 9.99. The number of aliphatic hydroxyl groups is 1. The number of halogens is 1.